The molecule has 8 nitrogen and oxygen atoms in total. The van der Waals surface area contributed by atoms with Crippen LogP contribution in [0.15, 0.2) is 41.1 Å². The SMILES string of the molecule is CCc1ccc(-n2c(C)cc(C=C(C#N)C(=O)Nc3nc(S(=O)(=O)CC)ns3)c2C)cc1. The average molecular weight is 470 g/mol. The summed E-state index contributed by atoms with van der Waals surface area (Å²) in [5.74, 6) is -0.821. The van der Waals surface area contributed by atoms with E-state index in [0.717, 1.165) is 40.6 Å². The molecule has 32 heavy (non-hydrogen) atoms. The molecule has 3 rings (SSSR count). The zero-order chi connectivity index (χ0) is 23.5. The molecule has 3 aromatic rings. The fraction of sp³-hybridized carbons (Fsp3) is 0.273. The normalized spacial score (nSPS) is 11.9. The number of sulfone groups is 1. The van der Waals surface area contributed by atoms with Gasteiger partial charge in [0.2, 0.25) is 15.0 Å². The van der Waals surface area contributed by atoms with Crippen LogP contribution in [0.25, 0.3) is 11.8 Å². The van der Waals surface area contributed by atoms with Crippen LogP contribution in [-0.4, -0.2) is 34.0 Å². The van der Waals surface area contributed by atoms with Gasteiger partial charge in [-0.25, -0.2) is 8.42 Å². The molecule has 0 unspecified atom stereocenters. The van der Waals surface area contributed by atoms with E-state index in [4.69, 9.17) is 0 Å². The highest BCUT2D eigenvalue weighted by Gasteiger charge is 2.20. The molecule has 0 spiro atoms. The van der Waals surface area contributed by atoms with Crippen molar-refractivity contribution in [3.05, 3.63) is 58.4 Å². The van der Waals surface area contributed by atoms with Crippen molar-refractivity contribution in [2.45, 2.75) is 39.3 Å². The molecule has 0 aliphatic rings. The lowest BCUT2D eigenvalue weighted by Gasteiger charge is -2.10. The number of nitriles is 1. The molecule has 166 valence electrons. The van der Waals surface area contributed by atoms with Crippen molar-refractivity contribution in [3.63, 3.8) is 0 Å². The topological polar surface area (TPSA) is 118 Å². The largest absolute Gasteiger partial charge is 0.318 e. The molecule has 2 heterocycles. The van der Waals surface area contributed by atoms with E-state index in [1.165, 1.54) is 18.6 Å². The van der Waals surface area contributed by atoms with Gasteiger partial charge < -0.3 is 4.57 Å². The van der Waals surface area contributed by atoms with Crippen LogP contribution < -0.4 is 5.32 Å². The van der Waals surface area contributed by atoms with Gasteiger partial charge in [-0.2, -0.15) is 14.6 Å². The molecule has 0 radical (unpaired) electrons. The lowest BCUT2D eigenvalue weighted by molar-refractivity contribution is -0.112. The van der Waals surface area contributed by atoms with Crippen LogP contribution in [0, 0.1) is 25.2 Å². The van der Waals surface area contributed by atoms with Crippen molar-refractivity contribution in [3.8, 4) is 11.8 Å². The van der Waals surface area contributed by atoms with Gasteiger partial charge in [0.05, 0.1) is 5.75 Å². The first kappa shape index (κ1) is 23.4. The third kappa shape index (κ3) is 4.79. The smallest absolute Gasteiger partial charge is 0.268 e. The fourth-order valence-electron chi connectivity index (χ4n) is 3.20. The summed E-state index contributed by atoms with van der Waals surface area (Å²) in [4.78, 5) is 16.5. The Morgan fingerprint density at radius 1 is 1.25 bits per heavy atom. The Morgan fingerprint density at radius 3 is 2.53 bits per heavy atom. The van der Waals surface area contributed by atoms with Crippen LogP contribution >= 0.6 is 11.5 Å². The van der Waals surface area contributed by atoms with E-state index >= 15 is 0 Å². The Labute approximate surface area is 191 Å². The van der Waals surface area contributed by atoms with Gasteiger partial charge in [-0.3, -0.25) is 10.1 Å². The first-order chi connectivity index (χ1) is 15.2. The summed E-state index contributed by atoms with van der Waals surface area (Å²) in [6, 6.07) is 12.1. The first-order valence-electron chi connectivity index (χ1n) is 9.98. The van der Waals surface area contributed by atoms with Gasteiger partial charge >= 0.3 is 0 Å². The summed E-state index contributed by atoms with van der Waals surface area (Å²) in [6.45, 7) is 7.47. The fourth-order valence-corrected chi connectivity index (χ4v) is 4.78. The quantitative estimate of drug-likeness (QED) is 0.415. The molecule has 2 aromatic heterocycles. The van der Waals surface area contributed by atoms with Crippen LogP contribution in [0.5, 0.6) is 0 Å². The number of amides is 1. The second kappa shape index (κ2) is 9.46. The number of anilines is 1. The number of aryl methyl sites for hydroxylation is 2. The summed E-state index contributed by atoms with van der Waals surface area (Å²) in [6.07, 6.45) is 2.47. The standard InChI is InChI=1S/C22H23N5O3S2/c1-5-16-7-9-19(10-8-16)27-14(3)11-17(15(27)4)12-18(13-23)20(28)24-21-25-22(26-31-21)32(29,30)6-2/h7-12H,5-6H2,1-4H3,(H,24,25,26,28). The Balaban J connectivity index is 1.88. The molecule has 1 N–H and O–H groups in total. The predicted molar refractivity (Wildman–Crippen MR) is 124 cm³/mol. The van der Waals surface area contributed by atoms with Gasteiger partial charge in [0, 0.05) is 28.6 Å². The molecule has 1 aromatic carbocycles. The number of benzene rings is 1. The van der Waals surface area contributed by atoms with Gasteiger partial charge in [0.15, 0.2) is 0 Å². The van der Waals surface area contributed by atoms with Crippen LogP contribution in [0.1, 0.15) is 36.4 Å². The van der Waals surface area contributed by atoms with E-state index < -0.39 is 15.7 Å². The summed E-state index contributed by atoms with van der Waals surface area (Å²) >= 11 is 0.751. The van der Waals surface area contributed by atoms with E-state index in [0.29, 0.717) is 0 Å². The maximum Gasteiger partial charge on any atom is 0.268 e. The third-order valence-corrected chi connectivity index (χ3v) is 7.27. The van der Waals surface area contributed by atoms with Crippen molar-refractivity contribution in [1.29, 1.82) is 5.26 Å². The highest BCUT2D eigenvalue weighted by Crippen LogP contribution is 2.24. The van der Waals surface area contributed by atoms with E-state index in [1.54, 1.807) is 0 Å². The molecule has 10 heteroatoms. The van der Waals surface area contributed by atoms with Gasteiger partial charge in [-0.05, 0) is 55.7 Å². The second-order valence-electron chi connectivity index (χ2n) is 7.09. The minimum Gasteiger partial charge on any atom is -0.318 e. The number of nitrogens with one attached hydrogen (secondary N) is 1. The average Bonchev–Trinajstić information content (AvgIpc) is 3.36. The van der Waals surface area contributed by atoms with E-state index in [9.17, 15) is 18.5 Å². The molecule has 1 amide bonds. The number of carbonyl (C=O) groups excluding carboxylic acids is 1. The molecular formula is C22H23N5O3S2. The van der Waals surface area contributed by atoms with Crippen molar-refractivity contribution >= 4 is 38.5 Å². The van der Waals surface area contributed by atoms with Crippen molar-refractivity contribution in [1.82, 2.24) is 13.9 Å². The van der Waals surface area contributed by atoms with Gasteiger partial charge in [0.1, 0.15) is 11.6 Å². The first-order valence-corrected chi connectivity index (χ1v) is 12.4. The van der Waals surface area contributed by atoms with E-state index in [1.807, 2.05) is 38.1 Å². The highest BCUT2D eigenvalue weighted by atomic mass is 32.2. The number of carbonyl (C=O) groups is 1. The molecule has 0 bridgehead atoms. The number of hydrogen-bond acceptors (Lipinski definition) is 7. The Bertz CT molecular complexity index is 1330. The number of hydrogen-bond donors (Lipinski definition) is 1. The van der Waals surface area contributed by atoms with Crippen LogP contribution in [0.2, 0.25) is 0 Å². The van der Waals surface area contributed by atoms with Crippen molar-refractivity contribution in [2.24, 2.45) is 0 Å². The van der Waals surface area contributed by atoms with Crippen molar-refractivity contribution in [2.75, 3.05) is 11.1 Å². The van der Waals surface area contributed by atoms with Crippen molar-refractivity contribution < 1.29 is 13.2 Å². The highest BCUT2D eigenvalue weighted by molar-refractivity contribution is 7.91. The summed E-state index contributed by atoms with van der Waals surface area (Å²) in [5, 5.41) is 11.7. The molecule has 0 aliphatic carbocycles. The van der Waals surface area contributed by atoms with Gasteiger partial charge in [-0.15, -0.1) is 0 Å². The second-order valence-corrected chi connectivity index (χ2v) is 10.0. The predicted octanol–water partition coefficient (Wildman–Crippen LogP) is 3.85. The summed E-state index contributed by atoms with van der Waals surface area (Å²) in [5.41, 5.74) is 4.71. The number of nitrogens with zero attached hydrogens (tertiary/aromatic N) is 4. The minimum absolute atomic E-state index is 0.0182. The van der Waals surface area contributed by atoms with E-state index in [-0.39, 0.29) is 21.6 Å². The lowest BCUT2D eigenvalue weighted by Crippen LogP contribution is -2.14. The maximum atomic E-state index is 12.6. The Morgan fingerprint density at radius 2 is 1.94 bits per heavy atom. The molecule has 0 atom stereocenters. The molecule has 0 aliphatic heterocycles. The zero-order valence-electron chi connectivity index (χ0n) is 18.2. The monoisotopic (exact) mass is 469 g/mol. The zero-order valence-corrected chi connectivity index (χ0v) is 19.8. The Hall–Kier alpha value is -3.29. The summed E-state index contributed by atoms with van der Waals surface area (Å²) in [7, 11) is -3.57. The molecule has 0 fully saturated rings. The minimum atomic E-state index is -3.57. The maximum absolute atomic E-state index is 12.6. The van der Waals surface area contributed by atoms with Gasteiger partial charge in [-0.1, -0.05) is 26.0 Å². The number of aromatic nitrogens is 3. The van der Waals surface area contributed by atoms with Crippen LogP contribution in [-0.2, 0) is 21.1 Å². The Kier molecular flexibility index (Phi) is 6.91. The third-order valence-electron chi connectivity index (χ3n) is 5.02. The van der Waals surface area contributed by atoms with E-state index in [2.05, 4.69) is 38.3 Å². The lowest BCUT2D eigenvalue weighted by atomic mass is 10.1. The van der Waals surface area contributed by atoms with Crippen LogP contribution in [0.3, 0.4) is 0 Å². The molecule has 0 saturated heterocycles. The number of rotatable bonds is 7. The molecular weight excluding hydrogens is 446 g/mol. The summed E-state index contributed by atoms with van der Waals surface area (Å²) < 4.78 is 29.6. The molecule has 0 saturated carbocycles. The van der Waals surface area contributed by atoms with Crippen LogP contribution in [0.4, 0.5) is 5.13 Å². The van der Waals surface area contributed by atoms with Gasteiger partial charge in [0.25, 0.3) is 11.1 Å².